The molecule has 0 saturated carbocycles. The minimum absolute atomic E-state index is 0.286. The smallest absolute Gasteiger partial charge is 0.414 e. The molecule has 0 bridgehead atoms. The molecule has 0 unspecified atom stereocenters. The molecular formula is C13H14N4O2. The van der Waals surface area contributed by atoms with Crippen LogP contribution in [0.15, 0.2) is 36.8 Å². The highest BCUT2D eigenvalue weighted by atomic mass is 16.6. The van der Waals surface area contributed by atoms with Gasteiger partial charge in [-0.25, -0.2) is 9.78 Å². The number of aromatic nitrogens is 2. The Bertz CT molecular complexity index is 568. The number of benzene rings is 1. The Labute approximate surface area is 110 Å². The van der Waals surface area contributed by atoms with E-state index in [1.54, 1.807) is 17.4 Å². The van der Waals surface area contributed by atoms with Gasteiger partial charge in [-0.15, -0.1) is 0 Å². The predicted molar refractivity (Wildman–Crippen MR) is 71.1 cm³/mol. The molecule has 0 atom stereocenters. The second-order valence-electron chi connectivity index (χ2n) is 4.25. The lowest BCUT2D eigenvalue weighted by atomic mass is 10.2. The number of carbonyl (C=O) groups is 1. The molecule has 19 heavy (non-hydrogen) atoms. The fourth-order valence-electron chi connectivity index (χ4n) is 1.99. The number of nitrogens with zero attached hydrogens (tertiary/aromatic N) is 2. The molecule has 1 aliphatic rings. The zero-order chi connectivity index (χ0) is 13.1. The van der Waals surface area contributed by atoms with Gasteiger partial charge in [-0.1, -0.05) is 6.07 Å². The summed E-state index contributed by atoms with van der Waals surface area (Å²) in [5.41, 5.74) is 2.80. The maximum Gasteiger partial charge on any atom is 0.414 e. The van der Waals surface area contributed by atoms with Crippen molar-refractivity contribution >= 4 is 17.5 Å². The maximum atomic E-state index is 11.5. The molecule has 0 aliphatic carbocycles. The topological polar surface area (TPSA) is 70.2 Å². The van der Waals surface area contributed by atoms with Gasteiger partial charge in [0.1, 0.15) is 6.61 Å². The van der Waals surface area contributed by atoms with Crippen LogP contribution in [0.2, 0.25) is 0 Å². The number of imidazole rings is 1. The molecule has 2 N–H and O–H groups in total. The number of aromatic amines is 1. The first-order chi connectivity index (χ1) is 9.33. The normalized spacial score (nSPS) is 14.5. The van der Waals surface area contributed by atoms with Crippen LogP contribution in [0.3, 0.4) is 0 Å². The number of cyclic esters (lactones) is 1. The Morgan fingerprint density at radius 2 is 2.42 bits per heavy atom. The zero-order valence-electron chi connectivity index (χ0n) is 10.3. The second kappa shape index (κ2) is 5.01. The third-order valence-electron chi connectivity index (χ3n) is 2.96. The van der Waals surface area contributed by atoms with E-state index < -0.39 is 0 Å². The summed E-state index contributed by atoms with van der Waals surface area (Å²) in [5, 5.41) is 3.28. The van der Waals surface area contributed by atoms with Crippen molar-refractivity contribution in [3.8, 4) is 0 Å². The van der Waals surface area contributed by atoms with E-state index in [4.69, 9.17) is 4.74 Å². The molecule has 2 heterocycles. The number of carbonyl (C=O) groups excluding carboxylic acids is 1. The van der Waals surface area contributed by atoms with Crippen LogP contribution in [0.4, 0.5) is 16.2 Å². The van der Waals surface area contributed by atoms with Crippen LogP contribution in [-0.2, 0) is 11.3 Å². The van der Waals surface area contributed by atoms with Gasteiger partial charge >= 0.3 is 6.09 Å². The van der Waals surface area contributed by atoms with E-state index in [-0.39, 0.29) is 6.09 Å². The number of nitrogens with one attached hydrogen (secondary N) is 2. The van der Waals surface area contributed by atoms with Crippen LogP contribution < -0.4 is 10.2 Å². The largest absolute Gasteiger partial charge is 0.447 e. The fourth-order valence-corrected chi connectivity index (χ4v) is 1.99. The van der Waals surface area contributed by atoms with Crippen molar-refractivity contribution in [2.75, 3.05) is 23.4 Å². The van der Waals surface area contributed by atoms with Gasteiger partial charge in [0.15, 0.2) is 0 Å². The van der Waals surface area contributed by atoms with E-state index in [9.17, 15) is 4.79 Å². The van der Waals surface area contributed by atoms with E-state index in [0.717, 1.165) is 17.1 Å². The second-order valence-corrected chi connectivity index (χ2v) is 4.25. The predicted octanol–water partition coefficient (Wildman–Crippen LogP) is 1.98. The Balaban J connectivity index is 1.71. The van der Waals surface area contributed by atoms with Gasteiger partial charge in [-0.2, -0.15) is 0 Å². The van der Waals surface area contributed by atoms with Crippen LogP contribution in [-0.4, -0.2) is 29.2 Å². The number of H-pyrrole nitrogens is 1. The molecule has 1 aromatic heterocycles. The number of rotatable bonds is 4. The van der Waals surface area contributed by atoms with Gasteiger partial charge < -0.3 is 15.0 Å². The molecule has 1 amide bonds. The Morgan fingerprint density at radius 1 is 1.47 bits per heavy atom. The van der Waals surface area contributed by atoms with E-state index in [1.165, 1.54) is 0 Å². The fraction of sp³-hybridized carbons (Fsp3) is 0.231. The van der Waals surface area contributed by atoms with Crippen molar-refractivity contribution in [1.82, 2.24) is 9.97 Å². The van der Waals surface area contributed by atoms with Gasteiger partial charge in [0.25, 0.3) is 0 Å². The molecular weight excluding hydrogens is 244 g/mol. The molecule has 1 aliphatic heterocycles. The highest BCUT2D eigenvalue weighted by Crippen LogP contribution is 2.22. The summed E-state index contributed by atoms with van der Waals surface area (Å²) in [7, 11) is 0. The number of ether oxygens (including phenoxy) is 1. The van der Waals surface area contributed by atoms with Gasteiger partial charge in [0.05, 0.1) is 25.1 Å². The number of amides is 1. The first-order valence-electron chi connectivity index (χ1n) is 6.08. The number of anilines is 2. The zero-order valence-corrected chi connectivity index (χ0v) is 10.3. The van der Waals surface area contributed by atoms with Crippen LogP contribution in [0, 0.1) is 0 Å². The number of hydrogen-bond acceptors (Lipinski definition) is 4. The molecule has 1 aromatic carbocycles. The number of hydrogen-bond donors (Lipinski definition) is 2. The summed E-state index contributed by atoms with van der Waals surface area (Å²) in [6.45, 7) is 1.71. The van der Waals surface area contributed by atoms with Crippen molar-refractivity contribution in [2.45, 2.75) is 6.54 Å². The summed E-state index contributed by atoms with van der Waals surface area (Å²) in [6.07, 6.45) is 3.13. The minimum Gasteiger partial charge on any atom is -0.447 e. The van der Waals surface area contributed by atoms with Crippen molar-refractivity contribution in [3.63, 3.8) is 0 Å². The lowest BCUT2D eigenvalue weighted by Crippen LogP contribution is -2.23. The Morgan fingerprint density at radius 3 is 3.16 bits per heavy atom. The van der Waals surface area contributed by atoms with Crippen LogP contribution in [0.25, 0.3) is 0 Å². The Hall–Kier alpha value is -2.50. The SMILES string of the molecule is O=C1OCCN1c1cccc(NCc2cnc[nH]2)c1. The molecule has 1 saturated heterocycles. The lowest BCUT2D eigenvalue weighted by Gasteiger charge is -2.14. The van der Waals surface area contributed by atoms with E-state index in [2.05, 4.69) is 15.3 Å². The van der Waals surface area contributed by atoms with Gasteiger partial charge in [0, 0.05) is 17.6 Å². The molecule has 6 nitrogen and oxygen atoms in total. The van der Waals surface area contributed by atoms with E-state index in [1.807, 2.05) is 24.3 Å². The van der Waals surface area contributed by atoms with Gasteiger partial charge in [-0.05, 0) is 18.2 Å². The molecule has 6 heteroatoms. The van der Waals surface area contributed by atoms with Crippen LogP contribution in [0.1, 0.15) is 5.69 Å². The lowest BCUT2D eigenvalue weighted by molar-refractivity contribution is 0.181. The standard InChI is InChI=1S/C13H14N4O2/c18-13-17(4-5-19-13)12-3-1-2-10(6-12)15-8-11-7-14-9-16-11/h1-3,6-7,9,15H,4-5,8H2,(H,14,16). The molecule has 3 rings (SSSR count). The summed E-state index contributed by atoms with van der Waals surface area (Å²) < 4.78 is 4.93. The first kappa shape index (κ1) is 11.6. The van der Waals surface area contributed by atoms with Gasteiger partial charge in [0.2, 0.25) is 0 Å². The summed E-state index contributed by atoms with van der Waals surface area (Å²) in [4.78, 5) is 20.1. The van der Waals surface area contributed by atoms with Crippen molar-refractivity contribution < 1.29 is 9.53 Å². The van der Waals surface area contributed by atoms with E-state index in [0.29, 0.717) is 19.7 Å². The van der Waals surface area contributed by atoms with Crippen LogP contribution >= 0.6 is 0 Å². The molecule has 0 radical (unpaired) electrons. The Kier molecular flexibility index (Phi) is 3.06. The highest BCUT2D eigenvalue weighted by molar-refractivity contribution is 5.89. The molecule has 1 fully saturated rings. The third kappa shape index (κ3) is 2.52. The molecule has 2 aromatic rings. The molecule has 0 spiro atoms. The van der Waals surface area contributed by atoms with E-state index >= 15 is 0 Å². The van der Waals surface area contributed by atoms with Gasteiger partial charge in [-0.3, -0.25) is 4.90 Å². The minimum atomic E-state index is -0.286. The third-order valence-corrected chi connectivity index (χ3v) is 2.96. The van der Waals surface area contributed by atoms with Crippen LogP contribution in [0.5, 0.6) is 0 Å². The van der Waals surface area contributed by atoms with Crippen molar-refractivity contribution in [3.05, 3.63) is 42.5 Å². The van der Waals surface area contributed by atoms with Crippen molar-refractivity contribution in [2.24, 2.45) is 0 Å². The average Bonchev–Trinajstić information content (AvgIpc) is 3.08. The monoisotopic (exact) mass is 258 g/mol. The quantitative estimate of drug-likeness (QED) is 0.879. The summed E-state index contributed by atoms with van der Waals surface area (Å²) >= 11 is 0. The first-order valence-corrected chi connectivity index (χ1v) is 6.08. The maximum absolute atomic E-state index is 11.5. The average molecular weight is 258 g/mol. The highest BCUT2D eigenvalue weighted by Gasteiger charge is 2.23. The molecule has 98 valence electrons. The summed E-state index contributed by atoms with van der Waals surface area (Å²) in [6, 6.07) is 7.70. The van der Waals surface area contributed by atoms with Crippen molar-refractivity contribution in [1.29, 1.82) is 0 Å². The summed E-state index contributed by atoms with van der Waals surface area (Å²) in [5.74, 6) is 0.